The normalized spacial score (nSPS) is 10.9. The van der Waals surface area contributed by atoms with E-state index >= 15 is 0 Å². The molecule has 0 aliphatic rings. The molecule has 0 aliphatic heterocycles. The lowest BCUT2D eigenvalue weighted by Gasteiger charge is -2.35. The Kier molecular flexibility index (Phi) is 6.93. The Morgan fingerprint density at radius 2 is 1.46 bits per heavy atom. The van der Waals surface area contributed by atoms with Crippen molar-refractivity contribution < 1.29 is 14.4 Å². The molecule has 28 heavy (non-hydrogen) atoms. The molecule has 148 valence electrons. The van der Waals surface area contributed by atoms with Crippen molar-refractivity contribution in [2.75, 3.05) is 0 Å². The molecule has 0 heterocycles. The lowest BCUT2D eigenvalue weighted by molar-refractivity contribution is 0.0641. The summed E-state index contributed by atoms with van der Waals surface area (Å²) in [5.74, 6) is -1.32. The van der Waals surface area contributed by atoms with Crippen LogP contribution >= 0.6 is 34.8 Å². The van der Waals surface area contributed by atoms with Gasteiger partial charge in [0, 0.05) is 5.02 Å². The molecule has 2 aromatic rings. The van der Waals surface area contributed by atoms with Crippen LogP contribution in [0.1, 0.15) is 41.5 Å². The van der Waals surface area contributed by atoms with Gasteiger partial charge in [-0.1, -0.05) is 46.9 Å². The summed E-state index contributed by atoms with van der Waals surface area (Å²) in [6.45, 7) is 5.07. The summed E-state index contributed by atoms with van der Waals surface area (Å²) in [5, 5.41) is 3.93. The molecular formula is C19H18Cl3N3O3. The number of amides is 4. The van der Waals surface area contributed by atoms with Crippen LogP contribution < -0.4 is 10.7 Å². The summed E-state index contributed by atoms with van der Waals surface area (Å²) in [6.07, 6.45) is 0. The Balaban J connectivity index is 2.21. The molecule has 0 saturated carbocycles. The Labute approximate surface area is 177 Å². The number of carbonyl (C=O) groups excluding carboxylic acids is 3. The number of nitrogens with one attached hydrogen (secondary N) is 2. The predicted octanol–water partition coefficient (Wildman–Crippen LogP) is 4.94. The maximum Gasteiger partial charge on any atom is 0.343 e. The van der Waals surface area contributed by atoms with Gasteiger partial charge in [-0.2, -0.15) is 0 Å². The number of nitrogens with zero attached hydrogens (tertiary/aromatic N) is 1. The van der Waals surface area contributed by atoms with E-state index < -0.39 is 23.4 Å². The molecule has 0 bridgehead atoms. The highest BCUT2D eigenvalue weighted by Crippen LogP contribution is 2.22. The second-order valence-electron chi connectivity index (χ2n) is 6.81. The molecule has 0 fully saturated rings. The van der Waals surface area contributed by atoms with Gasteiger partial charge in [-0.3, -0.25) is 20.3 Å². The Morgan fingerprint density at radius 3 is 2.04 bits per heavy atom. The molecule has 0 atom stereocenters. The highest BCUT2D eigenvalue weighted by atomic mass is 35.5. The fourth-order valence-corrected chi connectivity index (χ4v) is 2.94. The van der Waals surface area contributed by atoms with E-state index in [1.54, 1.807) is 32.9 Å². The van der Waals surface area contributed by atoms with Crippen LogP contribution in [0.15, 0.2) is 42.5 Å². The summed E-state index contributed by atoms with van der Waals surface area (Å²) >= 11 is 17.9. The van der Waals surface area contributed by atoms with Crippen LogP contribution in [0.3, 0.4) is 0 Å². The maximum atomic E-state index is 12.7. The zero-order chi connectivity index (χ0) is 21.1. The third-order valence-electron chi connectivity index (χ3n) is 3.60. The van der Waals surface area contributed by atoms with E-state index in [0.29, 0.717) is 5.02 Å². The van der Waals surface area contributed by atoms with Gasteiger partial charge >= 0.3 is 6.03 Å². The van der Waals surface area contributed by atoms with Crippen molar-refractivity contribution in [2.45, 2.75) is 26.3 Å². The number of carbonyl (C=O) groups is 3. The summed E-state index contributed by atoms with van der Waals surface area (Å²) in [4.78, 5) is 37.6. The number of hydrazine groups is 1. The lowest BCUT2D eigenvalue weighted by atomic mass is 10.1. The number of rotatable bonds is 2. The minimum atomic E-state index is -0.848. The Morgan fingerprint density at radius 1 is 0.857 bits per heavy atom. The van der Waals surface area contributed by atoms with Crippen molar-refractivity contribution in [3.63, 3.8) is 0 Å². The molecule has 9 heteroatoms. The largest absolute Gasteiger partial charge is 0.343 e. The summed E-state index contributed by atoms with van der Waals surface area (Å²) in [6, 6.07) is 9.84. The molecule has 0 spiro atoms. The van der Waals surface area contributed by atoms with Gasteiger partial charge in [-0.15, -0.1) is 0 Å². The monoisotopic (exact) mass is 441 g/mol. The number of hydrogen-bond acceptors (Lipinski definition) is 3. The van der Waals surface area contributed by atoms with E-state index in [-0.39, 0.29) is 21.2 Å². The molecule has 2 aromatic carbocycles. The van der Waals surface area contributed by atoms with Crippen LogP contribution in [-0.2, 0) is 0 Å². The first-order valence-electron chi connectivity index (χ1n) is 8.17. The van der Waals surface area contributed by atoms with Crippen LogP contribution in [0.2, 0.25) is 15.1 Å². The highest BCUT2D eigenvalue weighted by molar-refractivity contribution is 6.36. The van der Waals surface area contributed by atoms with E-state index in [1.807, 2.05) is 0 Å². The van der Waals surface area contributed by atoms with Crippen molar-refractivity contribution in [3.8, 4) is 0 Å². The second kappa shape index (κ2) is 8.82. The smallest absolute Gasteiger partial charge is 0.272 e. The van der Waals surface area contributed by atoms with Crippen LogP contribution in [0.4, 0.5) is 4.79 Å². The van der Waals surface area contributed by atoms with E-state index in [0.717, 1.165) is 5.01 Å². The molecule has 0 aromatic heterocycles. The molecule has 0 unspecified atom stereocenters. The zero-order valence-corrected chi connectivity index (χ0v) is 17.6. The molecule has 2 N–H and O–H groups in total. The quantitative estimate of drug-likeness (QED) is 0.646. The number of urea groups is 1. The van der Waals surface area contributed by atoms with Gasteiger partial charge in [0.1, 0.15) is 0 Å². The van der Waals surface area contributed by atoms with Gasteiger partial charge in [0.05, 0.1) is 26.7 Å². The van der Waals surface area contributed by atoms with Crippen LogP contribution in [-0.4, -0.2) is 28.4 Å². The molecule has 6 nitrogen and oxygen atoms in total. The predicted molar refractivity (Wildman–Crippen MR) is 110 cm³/mol. The van der Waals surface area contributed by atoms with Crippen molar-refractivity contribution in [3.05, 3.63) is 68.7 Å². The standard InChI is InChI=1S/C19H18Cl3N3O3/c1-19(2,3)25(24-17(27)13-9-8-11(20)10-15(13)22)18(28)23-16(26)12-6-4-5-7-14(12)21/h4-10H,1-3H3,(H,24,27)(H,23,26,28). The van der Waals surface area contributed by atoms with E-state index in [2.05, 4.69) is 10.7 Å². The first kappa shape index (κ1) is 22.0. The summed E-state index contributed by atoms with van der Waals surface area (Å²) in [7, 11) is 0. The highest BCUT2D eigenvalue weighted by Gasteiger charge is 2.30. The van der Waals surface area contributed by atoms with Gasteiger partial charge in [-0.25, -0.2) is 9.80 Å². The first-order chi connectivity index (χ1) is 13.0. The Bertz CT molecular complexity index is 926. The van der Waals surface area contributed by atoms with Gasteiger partial charge in [0.15, 0.2) is 0 Å². The van der Waals surface area contributed by atoms with Crippen LogP contribution in [0.25, 0.3) is 0 Å². The number of halogens is 3. The number of benzene rings is 2. The van der Waals surface area contributed by atoms with Crippen molar-refractivity contribution in [1.29, 1.82) is 0 Å². The fourth-order valence-electron chi connectivity index (χ4n) is 2.22. The van der Waals surface area contributed by atoms with Crippen molar-refractivity contribution >= 4 is 52.6 Å². The molecule has 0 aliphatic carbocycles. The first-order valence-corrected chi connectivity index (χ1v) is 9.30. The Hall–Kier alpha value is -2.28. The van der Waals surface area contributed by atoms with E-state index in [9.17, 15) is 14.4 Å². The molecule has 2 rings (SSSR count). The van der Waals surface area contributed by atoms with Gasteiger partial charge in [-0.05, 0) is 51.1 Å². The van der Waals surface area contributed by atoms with E-state index in [4.69, 9.17) is 34.8 Å². The minimum absolute atomic E-state index is 0.130. The van der Waals surface area contributed by atoms with E-state index in [1.165, 1.54) is 30.3 Å². The third kappa shape index (κ3) is 5.38. The third-order valence-corrected chi connectivity index (χ3v) is 4.48. The number of hydrogen-bond donors (Lipinski definition) is 2. The fraction of sp³-hybridized carbons (Fsp3) is 0.211. The molecular weight excluding hydrogens is 425 g/mol. The molecule has 0 radical (unpaired) electrons. The van der Waals surface area contributed by atoms with Crippen LogP contribution in [0.5, 0.6) is 0 Å². The molecule has 0 saturated heterocycles. The molecule has 4 amide bonds. The SMILES string of the molecule is CC(C)(C)N(NC(=O)c1ccc(Cl)cc1Cl)C(=O)NC(=O)c1ccccc1Cl. The average molecular weight is 443 g/mol. The topological polar surface area (TPSA) is 78.5 Å². The van der Waals surface area contributed by atoms with Crippen molar-refractivity contribution in [2.24, 2.45) is 0 Å². The lowest BCUT2D eigenvalue weighted by Crippen LogP contribution is -2.59. The minimum Gasteiger partial charge on any atom is -0.272 e. The summed E-state index contributed by atoms with van der Waals surface area (Å²) < 4.78 is 0. The number of imide groups is 1. The summed E-state index contributed by atoms with van der Waals surface area (Å²) in [5.41, 5.74) is 1.89. The van der Waals surface area contributed by atoms with Gasteiger partial charge in [0.25, 0.3) is 11.8 Å². The zero-order valence-electron chi connectivity index (χ0n) is 15.3. The van der Waals surface area contributed by atoms with Crippen molar-refractivity contribution in [1.82, 2.24) is 15.8 Å². The maximum absolute atomic E-state index is 12.7. The average Bonchev–Trinajstić information content (AvgIpc) is 2.58. The van der Waals surface area contributed by atoms with Gasteiger partial charge in [0.2, 0.25) is 0 Å². The second-order valence-corrected chi connectivity index (χ2v) is 8.06. The van der Waals surface area contributed by atoms with Crippen LogP contribution in [0, 0.1) is 0 Å². The van der Waals surface area contributed by atoms with Gasteiger partial charge < -0.3 is 0 Å².